The van der Waals surface area contributed by atoms with Crippen LogP contribution in [-0.4, -0.2) is 28.0 Å². The molecule has 0 spiro atoms. The highest BCUT2D eigenvalue weighted by Crippen LogP contribution is 2.11. The molecule has 1 atom stereocenters. The molecule has 5 heteroatoms. The molecule has 17 heavy (non-hydrogen) atoms. The van der Waals surface area contributed by atoms with Crippen molar-refractivity contribution in [2.75, 3.05) is 13.1 Å². The van der Waals surface area contributed by atoms with E-state index in [4.69, 9.17) is 4.42 Å². The van der Waals surface area contributed by atoms with Gasteiger partial charge in [0.2, 0.25) is 0 Å². The van der Waals surface area contributed by atoms with Gasteiger partial charge in [0, 0.05) is 19.3 Å². The Morgan fingerprint density at radius 3 is 3.12 bits per heavy atom. The minimum atomic E-state index is -0.593. The standard InChI is InChI=1S/C12H17N3O2/c1-10-7-14-15(9-10)5-4-13-8-11(16)12-3-2-6-17-12/h2-3,6-7,9,11,13,16H,4-5,8H2,1H3. The molecule has 2 aromatic rings. The highest BCUT2D eigenvalue weighted by Gasteiger charge is 2.08. The SMILES string of the molecule is Cc1cnn(CCNCC(O)c2ccco2)c1. The van der Waals surface area contributed by atoms with Crippen molar-refractivity contribution in [2.45, 2.75) is 19.6 Å². The predicted molar refractivity (Wildman–Crippen MR) is 63.5 cm³/mol. The molecule has 92 valence electrons. The molecule has 0 aliphatic heterocycles. The smallest absolute Gasteiger partial charge is 0.133 e. The van der Waals surface area contributed by atoms with Crippen LogP contribution in [0.4, 0.5) is 0 Å². The van der Waals surface area contributed by atoms with Gasteiger partial charge >= 0.3 is 0 Å². The molecule has 0 amide bonds. The van der Waals surface area contributed by atoms with Crippen molar-refractivity contribution in [3.8, 4) is 0 Å². The van der Waals surface area contributed by atoms with Crippen LogP contribution in [0.1, 0.15) is 17.4 Å². The third-order valence-corrected chi connectivity index (χ3v) is 2.49. The van der Waals surface area contributed by atoms with Gasteiger partial charge in [-0.1, -0.05) is 0 Å². The Bertz CT molecular complexity index is 436. The molecule has 0 radical (unpaired) electrons. The van der Waals surface area contributed by atoms with Crippen molar-refractivity contribution in [1.29, 1.82) is 0 Å². The largest absolute Gasteiger partial charge is 0.467 e. The van der Waals surface area contributed by atoms with Crippen molar-refractivity contribution in [3.63, 3.8) is 0 Å². The third kappa shape index (κ3) is 3.44. The van der Waals surface area contributed by atoms with Crippen LogP contribution in [0, 0.1) is 6.92 Å². The molecular weight excluding hydrogens is 218 g/mol. The fourth-order valence-electron chi connectivity index (χ4n) is 1.60. The molecule has 2 aromatic heterocycles. The van der Waals surface area contributed by atoms with E-state index in [0.717, 1.165) is 18.7 Å². The van der Waals surface area contributed by atoms with Crippen molar-refractivity contribution in [2.24, 2.45) is 0 Å². The fourth-order valence-corrected chi connectivity index (χ4v) is 1.60. The Balaban J connectivity index is 1.66. The quantitative estimate of drug-likeness (QED) is 0.736. The maximum Gasteiger partial charge on any atom is 0.133 e. The lowest BCUT2D eigenvalue weighted by atomic mass is 10.3. The van der Waals surface area contributed by atoms with E-state index in [-0.39, 0.29) is 0 Å². The second kappa shape index (κ2) is 5.65. The predicted octanol–water partition coefficient (Wildman–Crippen LogP) is 1.11. The van der Waals surface area contributed by atoms with Crippen molar-refractivity contribution < 1.29 is 9.52 Å². The molecule has 5 nitrogen and oxygen atoms in total. The zero-order valence-corrected chi connectivity index (χ0v) is 9.84. The molecule has 0 saturated carbocycles. The molecule has 1 unspecified atom stereocenters. The van der Waals surface area contributed by atoms with Crippen LogP contribution in [0.25, 0.3) is 0 Å². The lowest BCUT2D eigenvalue weighted by Gasteiger charge is -2.09. The summed E-state index contributed by atoms with van der Waals surface area (Å²) in [6.07, 6.45) is 4.79. The Morgan fingerprint density at radius 2 is 2.47 bits per heavy atom. The molecule has 0 fully saturated rings. The Hall–Kier alpha value is -1.59. The van der Waals surface area contributed by atoms with E-state index >= 15 is 0 Å². The summed E-state index contributed by atoms with van der Waals surface area (Å²) in [4.78, 5) is 0. The summed E-state index contributed by atoms with van der Waals surface area (Å²) >= 11 is 0. The van der Waals surface area contributed by atoms with Gasteiger partial charge in [-0.15, -0.1) is 0 Å². The van der Waals surface area contributed by atoms with E-state index in [9.17, 15) is 5.11 Å². The first-order chi connectivity index (χ1) is 8.25. The number of rotatable bonds is 6. The van der Waals surface area contributed by atoms with Crippen LogP contribution < -0.4 is 5.32 Å². The van der Waals surface area contributed by atoms with Gasteiger partial charge in [0.1, 0.15) is 11.9 Å². The average molecular weight is 235 g/mol. The van der Waals surface area contributed by atoms with E-state index in [1.807, 2.05) is 24.0 Å². The number of aliphatic hydroxyl groups excluding tert-OH is 1. The number of hydrogen-bond donors (Lipinski definition) is 2. The van der Waals surface area contributed by atoms with Crippen molar-refractivity contribution >= 4 is 0 Å². The van der Waals surface area contributed by atoms with Crippen LogP contribution in [0.3, 0.4) is 0 Å². The molecule has 0 bridgehead atoms. The second-order valence-corrected chi connectivity index (χ2v) is 4.02. The first-order valence-corrected chi connectivity index (χ1v) is 5.67. The highest BCUT2D eigenvalue weighted by atomic mass is 16.4. The zero-order valence-electron chi connectivity index (χ0n) is 9.84. The lowest BCUT2D eigenvalue weighted by molar-refractivity contribution is 0.147. The monoisotopic (exact) mass is 235 g/mol. The molecule has 2 rings (SSSR count). The summed E-state index contributed by atoms with van der Waals surface area (Å²) in [5.41, 5.74) is 1.15. The number of aryl methyl sites for hydroxylation is 1. The molecule has 0 aromatic carbocycles. The summed E-state index contributed by atoms with van der Waals surface area (Å²) in [6, 6.07) is 3.54. The van der Waals surface area contributed by atoms with Gasteiger partial charge in [0.05, 0.1) is 19.0 Å². The van der Waals surface area contributed by atoms with E-state index < -0.39 is 6.10 Å². The van der Waals surface area contributed by atoms with Crippen LogP contribution in [0.15, 0.2) is 35.2 Å². The minimum Gasteiger partial charge on any atom is -0.467 e. The van der Waals surface area contributed by atoms with Crippen LogP contribution >= 0.6 is 0 Å². The van der Waals surface area contributed by atoms with Gasteiger partial charge in [0.15, 0.2) is 0 Å². The van der Waals surface area contributed by atoms with Gasteiger partial charge in [-0.05, 0) is 24.6 Å². The van der Waals surface area contributed by atoms with E-state index in [2.05, 4.69) is 10.4 Å². The Kier molecular flexibility index (Phi) is 3.95. The highest BCUT2D eigenvalue weighted by molar-refractivity contribution is 5.02. The van der Waals surface area contributed by atoms with E-state index in [0.29, 0.717) is 12.3 Å². The van der Waals surface area contributed by atoms with Crippen molar-refractivity contribution in [3.05, 3.63) is 42.1 Å². The first-order valence-electron chi connectivity index (χ1n) is 5.67. The summed E-state index contributed by atoms with van der Waals surface area (Å²) in [5.74, 6) is 0.590. The lowest BCUT2D eigenvalue weighted by Crippen LogP contribution is -2.25. The molecule has 0 aliphatic carbocycles. The molecule has 0 aliphatic rings. The number of hydrogen-bond acceptors (Lipinski definition) is 4. The Labute approximate surface area is 100 Å². The summed E-state index contributed by atoms with van der Waals surface area (Å²) in [6.45, 7) is 4.04. The van der Waals surface area contributed by atoms with E-state index in [1.54, 1.807) is 18.4 Å². The van der Waals surface area contributed by atoms with Gasteiger partial charge in [-0.25, -0.2) is 0 Å². The summed E-state index contributed by atoms with van der Waals surface area (Å²) in [7, 11) is 0. The average Bonchev–Trinajstić information content (AvgIpc) is 2.95. The van der Waals surface area contributed by atoms with Gasteiger partial charge in [-0.2, -0.15) is 5.10 Å². The van der Waals surface area contributed by atoms with E-state index in [1.165, 1.54) is 0 Å². The maximum absolute atomic E-state index is 9.73. The number of nitrogens with one attached hydrogen (secondary N) is 1. The topological polar surface area (TPSA) is 63.2 Å². The van der Waals surface area contributed by atoms with Crippen molar-refractivity contribution in [1.82, 2.24) is 15.1 Å². The zero-order chi connectivity index (χ0) is 12.1. The number of furan rings is 1. The third-order valence-electron chi connectivity index (χ3n) is 2.49. The van der Waals surface area contributed by atoms with Crippen LogP contribution in [-0.2, 0) is 6.54 Å². The molecule has 0 saturated heterocycles. The van der Waals surface area contributed by atoms with Crippen LogP contribution in [0.2, 0.25) is 0 Å². The van der Waals surface area contributed by atoms with Crippen LogP contribution in [0.5, 0.6) is 0 Å². The normalized spacial score (nSPS) is 12.8. The fraction of sp³-hybridized carbons (Fsp3) is 0.417. The first kappa shape index (κ1) is 11.9. The van der Waals surface area contributed by atoms with Gasteiger partial charge < -0.3 is 14.8 Å². The Morgan fingerprint density at radius 1 is 1.59 bits per heavy atom. The summed E-state index contributed by atoms with van der Waals surface area (Å²) in [5, 5.41) is 17.1. The number of nitrogens with zero attached hydrogens (tertiary/aromatic N) is 2. The number of aromatic nitrogens is 2. The maximum atomic E-state index is 9.73. The minimum absolute atomic E-state index is 0.480. The number of aliphatic hydroxyl groups is 1. The molecular formula is C12H17N3O2. The van der Waals surface area contributed by atoms with Gasteiger partial charge in [-0.3, -0.25) is 4.68 Å². The van der Waals surface area contributed by atoms with Gasteiger partial charge in [0.25, 0.3) is 0 Å². The summed E-state index contributed by atoms with van der Waals surface area (Å²) < 4.78 is 6.98. The second-order valence-electron chi connectivity index (χ2n) is 4.02. The molecule has 2 N–H and O–H groups in total. The molecule has 2 heterocycles.